The maximum absolute atomic E-state index is 12.5. The molecule has 8 heteroatoms. The van der Waals surface area contributed by atoms with Crippen molar-refractivity contribution >= 4 is 16.8 Å². The third-order valence-electron chi connectivity index (χ3n) is 7.12. The minimum atomic E-state index is -0.0980. The van der Waals surface area contributed by atoms with Gasteiger partial charge in [-0.25, -0.2) is 9.97 Å². The summed E-state index contributed by atoms with van der Waals surface area (Å²) in [5.74, 6) is 1.43. The number of carbonyl (C=O) groups is 1. The number of fused-ring (bicyclic) bond motifs is 1. The maximum Gasteiger partial charge on any atom is 0.223 e. The van der Waals surface area contributed by atoms with Crippen LogP contribution < -0.4 is 4.74 Å². The number of para-hydroxylation sites is 1. The van der Waals surface area contributed by atoms with E-state index in [0.717, 1.165) is 67.0 Å². The lowest BCUT2D eigenvalue weighted by Gasteiger charge is -2.43. The summed E-state index contributed by atoms with van der Waals surface area (Å²) >= 11 is 0. The van der Waals surface area contributed by atoms with Crippen molar-refractivity contribution in [3.63, 3.8) is 0 Å². The van der Waals surface area contributed by atoms with Crippen molar-refractivity contribution in [2.24, 2.45) is 0 Å². The number of likely N-dealkylation sites (tertiary alicyclic amines) is 1. The van der Waals surface area contributed by atoms with Gasteiger partial charge in [0.2, 0.25) is 11.8 Å². The van der Waals surface area contributed by atoms with Crippen LogP contribution in [0, 0.1) is 0 Å². The minimum Gasteiger partial charge on any atom is -0.480 e. The Kier molecular flexibility index (Phi) is 6.03. The zero-order valence-corrected chi connectivity index (χ0v) is 19.5. The van der Waals surface area contributed by atoms with Crippen LogP contribution in [0.2, 0.25) is 0 Å². The summed E-state index contributed by atoms with van der Waals surface area (Å²) < 4.78 is 11.2. The van der Waals surface area contributed by atoms with Gasteiger partial charge in [0.25, 0.3) is 0 Å². The van der Waals surface area contributed by atoms with E-state index in [9.17, 15) is 4.79 Å². The SMILES string of the molecule is COc1nc2ccccc2cc1-c1cnc([C@@H]2C[C@@H](N(C)C3CCOC3)CCN2C(C)=O)[nH]1. The largest absolute Gasteiger partial charge is 0.480 e. The highest BCUT2D eigenvalue weighted by Gasteiger charge is 2.37. The Labute approximate surface area is 193 Å². The molecule has 8 nitrogen and oxygen atoms in total. The second-order valence-corrected chi connectivity index (χ2v) is 9.01. The van der Waals surface area contributed by atoms with E-state index in [0.29, 0.717) is 18.0 Å². The maximum atomic E-state index is 12.5. The van der Waals surface area contributed by atoms with Gasteiger partial charge in [-0.1, -0.05) is 18.2 Å². The highest BCUT2D eigenvalue weighted by Crippen LogP contribution is 2.36. The Hall–Kier alpha value is -2.97. The Morgan fingerprint density at radius 2 is 2.12 bits per heavy atom. The number of aromatic nitrogens is 3. The summed E-state index contributed by atoms with van der Waals surface area (Å²) in [5, 5.41) is 1.04. The van der Waals surface area contributed by atoms with Crippen LogP contribution in [0.3, 0.4) is 0 Å². The Morgan fingerprint density at radius 3 is 2.88 bits per heavy atom. The van der Waals surface area contributed by atoms with Gasteiger partial charge in [0.1, 0.15) is 5.82 Å². The fraction of sp³-hybridized carbons (Fsp3) is 0.480. The van der Waals surface area contributed by atoms with Crippen LogP contribution in [0.5, 0.6) is 5.88 Å². The molecule has 1 unspecified atom stereocenters. The molecule has 2 fully saturated rings. The lowest BCUT2D eigenvalue weighted by molar-refractivity contribution is -0.134. The molecule has 174 valence electrons. The molecule has 5 rings (SSSR count). The number of piperidine rings is 1. The van der Waals surface area contributed by atoms with Crippen molar-refractivity contribution < 1.29 is 14.3 Å². The number of aromatic amines is 1. The van der Waals surface area contributed by atoms with E-state index in [2.05, 4.69) is 28.0 Å². The first kappa shape index (κ1) is 21.9. The van der Waals surface area contributed by atoms with Crippen molar-refractivity contribution in [3.8, 4) is 17.1 Å². The van der Waals surface area contributed by atoms with Gasteiger partial charge in [-0.3, -0.25) is 9.69 Å². The number of ether oxygens (including phenoxy) is 2. The number of amides is 1. The molecule has 4 heterocycles. The summed E-state index contributed by atoms with van der Waals surface area (Å²) in [7, 11) is 3.81. The number of nitrogens with zero attached hydrogens (tertiary/aromatic N) is 4. The smallest absolute Gasteiger partial charge is 0.223 e. The monoisotopic (exact) mass is 449 g/mol. The van der Waals surface area contributed by atoms with Crippen LogP contribution in [0.25, 0.3) is 22.2 Å². The molecule has 0 aliphatic carbocycles. The molecule has 3 atom stereocenters. The molecule has 0 spiro atoms. The van der Waals surface area contributed by atoms with Crippen molar-refractivity contribution in [2.45, 2.75) is 44.3 Å². The number of pyridine rings is 1. The van der Waals surface area contributed by atoms with Crippen LogP contribution in [0.1, 0.15) is 38.1 Å². The minimum absolute atomic E-state index is 0.0770. The second-order valence-electron chi connectivity index (χ2n) is 9.01. The Balaban J connectivity index is 1.45. The number of likely N-dealkylation sites (N-methyl/N-ethyl adjacent to an activating group) is 1. The van der Waals surface area contributed by atoms with Crippen LogP contribution in [0.4, 0.5) is 0 Å². The van der Waals surface area contributed by atoms with Crippen LogP contribution in [-0.2, 0) is 9.53 Å². The average molecular weight is 450 g/mol. The van der Waals surface area contributed by atoms with E-state index in [1.54, 1.807) is 14.0 Å². The first-order valence-corrected chi connectivity index (χ1v) is 11.6. The predicted octanol–water partition coefficient (Wildman–Crippen LogP) is 3.41. The number of nitrogens with one attached hydrogen (secondary N) is 1. The molecule has 0 saturated carbocycles. The van der Waals surface area contributed by atoms with E-state index >= 15 is 0 Å². The Morgan fingerprint density at radius 1 is 1.27 bits per heavy atom. The molecule has 3 aromatic rings. The molecular weight excluding hydrogens is 418 g/mol. The number of rotatable bonds is 5. The van der Waals surface area contributed by atoms with E-state index in [4.69, 9.17) is 14.5 Å². The molecule has 1 N–H and O–H groups in total. The summed E-state index contributed by atoms with van der Waals surface area (Å²) in [5.41, 5.74) is 2.58. The quantitative estimate of drug-likeness (QED) is 0.643. The lowest BCUT2D eigenvalue weighted by Crippen LogP contribution is -2.49. The highest BCUT2D eigenvalue weighted by atomic mass is 16.5. The summed E-state index contributed by atoms with van der Waals surface area (Å²) in [6.07, 6.45) is 4.68. The van der Waals surface area contributed by atoms with Crippen molar-refractivity contribution in [3.05, 3.63) is 42.4 Å². The normalized spacial score (nSPS) is 23.4. The van der Waals surface area contributed by atoms with Gasteiger partial charge in [0.05, 0.1) is 42.7 Å². The number of imidazole rings is 1. The molecule has 2 aliphatic rings. The summed E-state index contributed by atoms with van der Waals surface area (Å²) in [4.78, 5) is 29.7. The fourth-order valence-electron chi connectivity index (χ4n) is 5.18. The number of hydrogen-bond donors (Lipinski definition) is 1. The zero-order valence-electron chi connectivity index (χ0n) is 19.5. The predicted molar refractivity (Wildman–Crippen MR) is 126 cm³/mol. The van der Waals surface area contributed by atoms with Gasteiger partial charge in [-0.2, -0.15) is 0 Å². The molecule has 33 heavy (non-hydrogen) atoms. The first-order valence-electron chi connectivity index (χ1n) is 11.6. The lowest BCUT2D eigenvalue weighted by atomic mass is 9.94. The van der Waals surface area contributed by atoms with Gasteiger partial charge in [0.15, 0.2) is 0 Å². The number of H-pyrrole nitrogens is 1. The van der Waals surface area contributed by atoms with E-state index in [1.165, 1.54) is 0 Å². The summed E-state index contributed by atoms with van der Waals surface area (Å²) in [6, 6.07) is 10.8. The van der Waals surface area contributed by atoms with Crippen LogP contribution in [-0.4, -0.2) is 76.7 Å². The molecule has 1 aromatic carbocycles. The first-order chi connectivity index (χ1) is 16.0. The number of hydrogen-bond acceptors (Lipinski definition) is 6. The van der Waals surface area contributed by atoms with Gasteiger partial charge >= 0.3 is 0 Å². The third-order valence-corrected chi connectivity index (χ3v) is 7.12. The van der Waals surface area contributed by atoms with Gasteiger partial charge in [-0.05, 0) is 38.4 Å². The zero-order chi connectivity index (χ0) is 22.9. The van der Waals surface area contributed by atoms with Gasteiger partial charge in [0, 0.05) is 37.5 Å². The molecule has 1 amide bonds. The Bertz CT molecular complexity index is 1140. The second kappa shape index (κ2) is 9.11. The fourth-order valence-corrected chi connectivity index (χ4v) is 5.18. The van der Waals surface area contributed by atoms with Crippen LogP contribution >= 0.6 is 0 Å². The third kappa shape index (κ3) is 4.20. The van der Waals surface area contributed by atoms with Crippen LogP contribution in [0.15, 0.2) is 36.5 Å². The highest BCUT2D eigenvalue weighted by molar-refractivity contribution is 5.85. The van der Waals surface area contributed by atoms with Gasteiger partial charge in [-0.15, -0.1) is 0 Å². The standard InChI is InChI=1S/C25H31N5O3/c1-16(31)30-10-8-18(29(2)19-9-11-33-15-19)13-23(30)24-26-14-22(27-24)20-12-17-6-4-5-7-21(17)28-25(20)32-3/h4-7,12,14,18-19,23H,8-11,13,15H2,1-3H3,(H,26,27)/t18-,19?,23-/m0/s1. The van der Waals surface area contributed by atoms with Crippen molar-refractivity contribution in [1.29, 1.82) is 0 Å². The van der Waals surface area contributed by atoms with E-state index in [1.807, 2.05) is 35.4 Å². The molecule has 2 aromatic heterocycles. The van der Waals surface area contributed by atoms with Crippen molar-refractivity contribution in [2.75, 3.05) is 33.9 Å². The topological polar surface area (TPSA) is 83.6 Å². The average Bonchev–Trinajstić information content (AvgIpc) is 3.55. The number of carbonyl (C=O) groups excluding carboxylic acids is 1. The van der Waals surface area contributed by atoms with E-state index < -0.39 is 0 Å². The van der Waals surface area contributed by atoms with E-state index in [-0.39, 0.29) is 11.9 Å². The molecule has 0 radical (unpaired) electrons. The van der Waals surface area contributed by atoms with Gasteiger partial charge < -0.3 is 19.4 Å². The molecule has 2 saturated heterocycles. The number of benzene rings is 1. The molecular formula is C25H31N5O3. The molecule has 2 aliphatic heterocycles. The van der Waals surface area contributed by atoms with Crippen molar-refractivity contribution in [1.82, 2.24) is 24.8 Å². The molecule has 0 bridgehead atoms. The number of methoxy groups -OCH3 is 1. The summed E-state index contributed by atoms with van der Waals surface area (Å²) in [6.45, 7) is 3.98.